The predicted molar refractivity (Wildman–Crippen MR) is 81.9 cm³/mol. The van der Waals surface area contributed by atoms with Crippen molar-refractivity contribution >= 4 is 29.2 Å². The summed E-state index contributed by atoms with van der Waals surface area (Å²) in [5.74, 6) is 0.418. The molecule has 2 amide bonds. The van der Waals surface area contributed by atoms with Gasteiger partial charge in [-0.3, -0.25) is 0 Å². The van der Waals surface area contributed by atoms with E-state index in [2.05, 4.69) is 16.7 Å². The lowest BCUT2D eigenvalue weighted by molar-refractivity contribution is 0.262. The van der Waals surface area contributed by atoms with Gasteiger partial charge in [-0.05, 0) is 36.4 Å². The average Bonchev–Trinajstić information content (AvgIpc) is 2.47. The largest absolute Gasteiger partial charge is 0.323 e. The van der Waals surface area contributed by atoms with Gasteiger partial charge < -0.3 is 10.6 Å². The van der Waals surface area contributed by atoms with E-state index in [0.29, 0.717) is 11.4 Å². The third-order valence-corrected chi connectivity index (χ3v) is 3.33. The number of para-hydroxylation sites is 1. The van der Waals surface area contributed by atoms with Crippen molar-refractivity contribution in [1.29, 1.82) is 5.26 Å². The summed E-state index contributed by atoms with van der Waals surface area (Å²) in [5, 5.41) is 14.0. The number of carbonyl (C=O) groups is 1. The van der Waals surface area contributed by atoms with E-state index in [1.165, 1.54) is 11.8 Å². The highest BCUT2D eigenvalue weighted by atomic mass is 32.2. The highest BCUT2D eigenvalue weighted by Crippen LogP contribution is 2.19. The van der Waals surface area contributed by atoms with Crippen LogP contribution >= 0.6 is 11.8 Å². The van der Waals surface area contributed by atoms with Gasteiger partial charge in [-0.1, -0.05) is 18.2 Å². The number of amides is 2. The zero-order chi connectivity index (χ0) is 14.2. The van der Waals surface area contributed by atoms with Crippen molar-refractivity contribution in [1.82, 2.24) is 0 Å². The second-order valence-corrected chi connectivity index (χ2v) is 4.97. The van der Waals surface area contributed by atoms with Crippen LogP contribution in [0, 0.1) is 11.3 Å². The standard InChI is InChI=1S/C15H13N3OS/c16-10-11-20-14-8-6-13(7-9-14)18-15(19)17-12-4-2-1-3-5-12/h1-9H,11H2,(H2,17,18,19). The number of hydrogen-bond acceptors (Lipinski definition) is 3. The number of nitrogens with one attached hydrogen (secondary N) is 2. The van der Waals surface area contributed by atoms with E-state index >= 15 is 0 Å². The number of benzene rings is 2. The van der Waals surface area contributed by atoms with E-state index in [4.69, 9.17) is 5.26 Å². The van der Waals surface area contributed by atoms with Gasteiger partial charge >= 0.3 is 6.03 Å². The Morgan fingerprint density at radius 2 is 1.60 bits per heavy atom. The third-order valence-electron chi connectivity index (χ3n) is 2.45. The molecule has 20 heavy (non-hydrogen) atoms. The van der Waals surface area contributed by atoms with Crippen LogP contribution in [0.4, 0.5) is 16.2 Å². The first-order valence-electron chi connectivity index (χ1n) is 6.01. The molecule has 0 unspecified atom stereocenters. The van der Waals surface area contributed by atoms with E-state index in [-0.39, 0.29) is 6.03 Å². The van der Waals surface area contributed by atoms with Crippen LogP contribution in [0.5, 0.6) is 0 Å². The molecule has 0 aliphatic heterocycles. The molecule has 2 rings (SSSR count). The van der Waals surface area contributed by atoms with Crippen LogP contribution in [0.15, 0.2) is 59.5 Å². The Kier molecular flexibility index (Phi) is 5.04. The maximum absolute atomic E-state index is 11.8. The highest BCUT2D eigenvalue weighted by molar-refractivity contribution is 7.99. The van der Waals surface area contributed by atoms with Crippen molar-refractivity contribution in [3.05, 3.63) is 54.6 Å². The van der Waals surface area contributed by atoms with Crippen molar-refractivity contribution < 1.29 is 4.79 Å². The van der Waals surface area contributed by atoms with Crippen molar-refractivity contribution in [2.75, 3.05) is 16.4 Å². The molecule has 100 valence electrons. The van der Waals surface area contributed by atoms with E-state index in [1.54, 1.807) is 0 Å². The van der Waals surface area contributed by atoms with Gasteiger partial charge in [-0.2, -0.15) is 5.26 Å². The number of nitrogens with zero attached hydrogens (tertiary/aromatic N) is 1. The third kappa shape index (κ3) is 4.34. The van der Waals surface area contributed by atoms with Crippen LogP contribution in [0.1, 0.15) is 0 Å². The number of rotatable bonds is 4. The lowest BCUT2D eigenvalue weighted by Crippen LogP contribution is -2.19. The molecule has 2 N–H and O–H groups in total. The fourth-order valence-electron chi connectivity index (χ4n) is 1.57. The number of hydrogen-bond donors (Lipinski definition) is 2. The van der Waals surface area contributed by atoms with Crippen LogP contribution in [-0.4, -0.2) is 11.8 Å². The van der Waals surface area contributed by atoms with Crippen molar-refractivity contribution in [2.45, 2.75) is 4.90 Å². The summed E-state index contributed by atoms with van der Waals surface area (Å²) in [5.41, 5.74) is 1.45. The zero-order valence-corrected chi connectivity index (χ0v) is 11.5. The molecule has 2 aromatic carbocycles. The van der Waals surface area contributed by atoms with Crippen molar-refractivity contribution in [3.63, 3.8) is 0 Å². The number of nitriles is 1. The molecule has 5 heteroatoms. The first-order chi connectivity index (χ1) is 9.78. The Bertz CT molecular complexity index is 605. The second-order valence-electron chi connectivity index (χ2n) is 3.92. The maximum Gasteiger partial charge on any atom is 0.323 e. The molecular formula is C15H13N3OS. The lowest BCUT2D eigenvalue weighted by atomic mass is 10.3. The molecule has 2 aromatic rings. The number of urea groups is 1. The minimum Gasteiger partial charge on any atom is -0.308 e. The summed E-state index contributed by atoms with van der Waals surface area (Å²) in [6.07, 6.45) is 0. The molecule has 4 nitrogen and oxygen atoms in total. The summed E-state index contributed by atoms with van der Waals surface area (Å²) in [4.78, 5) is 12.8. The second kappa shape index (κ2) is 7.22. The van der Waals surface area contributed by atoms with Gasteiger partial charge in [0.05, 0.1) is 11.8 Å². The van der Waals surface area contributed by atoms with Gasteiger partial charge in [0, 0.05) is 16.3 Å². The number of carbonyl (C=O) groups excluding carboxylic acids is 1. The van der Waals surface area contributed by atoms with Crippen molar-refractivity contribution in [3.8, 4) is 6.07 Å². The lowest BCUT2D eigenvalue weighted by Gasteiger charge is -2.08. The smallest absolute Gasteiger partial charge is 0.308 e. The van der Waals surface area contributed by atoms with E-state index in [0.717, 1.165) is 10.6 Å². The van der Waals surface area contributed by atoms with Gasteiger partial charge in [0.15, 0.2) is 0 Å². The first kappa shape index (κ1) is 14.0. The summed E-state index contributed by atoms with van der Waals surface area (Å²) in [6.45, 7) is 0. The van der Waals surface area contributed by atoms with E-state index < -0.39 is 0 Å². The zero-order valence-electron chi connectivity index (χ0n) is 10.7. The Hall–Kier alpha value is -2.45. The highest BCUT2D eigenvalue weighted by Gasteiger charge is 2.02. The first-order valence-corrected chi connectivity index (χ1v) is 6.99. The van der Waals surface area contributed by atoms with Gasteiger partial charge in [0.25, 0.3) is 0 Å². The molecule has 0 heterocycles. The topological polar surface area (TPSA) is 64.9 Å². The quantitative estimate of drug-likeness (QED) is 0.835. The fourth-order valence-corrected chi connectivity index (χ4v) is 2.12. The molecular weight excluding hydrogens is 270 g/mol. The van der Waals surface area contributed by atoms with Crippen LogP contribution in [-0.2, 0) is 0 Å². The summed E-state index contributed by atoms with van der Waals surface area (Å²) in [7, 11) is 0. The van der Waals surface area contributed by atoms with Gasteiger partial charge in [0.1, 0.15) is 0 Å². The molecule has 0 aromatic heterocycles. The molecule has 0 saturated carbocycles. The minimum atomic E-state index is -0.284. The van der Waals surface area contributed by atoms with E-state index in [9.17, 15) is 4.79 Å². The normalized spacial score (nSPS) is 9.55. The van der Waals surface area contributed by atoms with Crippen LogP contribution in [0.2, 0.25) is 0 Å². The number of anilines is 2. The average molecular weight is 283 g/mol. The van der Waals surface area contributed by atoms with Gasteiger partial charge in [-0.15, -0.1) is 11.8 Å². The Balaban J connectivity index is 1.90. The van der Waals surface area contributed by atoms with Gasteiger partial charge in [-0.25, -0.2) is 4.79 Å². The Morgan fingerprint density at radius 1 is 1.00 bits per heavy atom. The SMILES string of the molecule is N#CCSc1ccc(NC(=O)Nc2ccccc2)cc1. The molecule has 0 radical (unpaired) electrons. The Morgan fingerprint density at radius 3 is 2.20 bits per heavy atom. The summed E-state index contributed by atoms with van der Waals surface area (Å²) >= 11 is 1.46. The van der Waals surface area contributed by atoms with Crippen LogP contribution in [0.3, 0.4) is 0 Å². The van der Waals surface area contributed by atoms with E-state index in [1.807, 2.05) is 54.6 Å². The minimum absolute atomic E-state index is 0.284. The fraction of sp³-hybridized carbons (Fsp3) is 0.0667. The molecule has 0 atom stereocenters. The predicted octanol–water partition coefficient (Wildman–Crippen LogP) is 3.95. The summed E-state index contributed by atoms with van der Waals surface area (Å²) < 4.78 is 0. The maximum atomic E-state index is 11.8. The van der Waals surface area contributed by atoms with Crippen LogP contribution in [0.25, 0.3) is 0 Å². The molecule has 0 saturated heterocycles. The van der Waals surface area contributed by atoms with Crippen molar-refractivity contribution in [2.24, 2.45) is 0 Å². The monoisotopic (exact) mass is 283 g/mol. The molecule has 0 fully saturated rings. The molecule has 0 bridgehead atoms. The Labute approximate surface area is 121 Å². The molecule has 0 aliphatic carbocycles. The summed E-state index contributed by atoms with van der Waals surface area (Å²) in [6, 6.07) is 18.4. The van der Waals surface area contributed by atoms with Gasteiger partial charge in [0.2, 0.25) is 0 Å². The van der Waals surface area contributed by atoms with Crippen LogP contribution < -0.4 is 10.6 Å². The number of thioether (sulfide) groups is 1. The molecule has 0 spiro atoms. The molecule has 0 aliphatic rings.